The van der Waals surface area contributed by atoms with Crippen molar-refractivity contribution in [3.05, 3.63) is 39.9 Å². The van der Waals surface area contributed by atoms with E-state index < -0.39 is 0 Å². The zero-order valence-electron chi connectivity index (χ0n) is 16.5. The Labute approximate surface area is 179 Å². The summed E-state index contributed by atoms with van der Waals surface area (Å²) in [4.78, 5) is 34.8. The summed E-state index contributed by atoms with van der Waals surface area (Å²) in [5.74, 6) is 0.239. The average Bonchev–Trinajstić information content (AvgIpc) is 3.18. The second-order valence-corrected chi connectivity index (χ2v) is 9.02. The van der Waals surface area contributed by atoms with Crippen molar-refractivity contribution >= 4 is 45.6 Å². The third-order valence-corrected chi connectivity index (χ3v) is 7.05. The normalized spacial score (nSPS) is 19.0. The van der Waals surface area contributed by atoms with Gasteiger partial charge in [-0.1, -0.05) is 18.5 Å². The van der Waals surface area contributed by atoms with Gasteiger partial charge in [0, 0.05) is 54.1 Å². The highest BCUT2D eigenvalue weighted by atomic mass is 35.5. The Morgan fingerprint density at radius 3 is 2.62 bits per heavy atom. The number of fused-ring (bicyclic) bond motifs is 1. The van der Waals surface area contributed by atoms with E-state index in [0.29, 0.717) is 11.4 Å². The highest BCUT2D eigenvalue weighted by Crippen LogP contribution is 2.35. The Bertz CT molecular complexity index is 891. The minimum absolute atomic E-state index is 0.0366. The van der Waals surface area contributed by atoms with Gasteiger partial charge in [0.2, 0.25) is 11.8 Å². The van der Waals surface area contributed by atoms with Gasteiger partial charge < -0.3 is 15.1 Å². The summed E-state index contributed by atoms with van der Waals surface area (Å²) in [5.41, 5.74) is 1.90. The number of thiazole rings is 1. The minimum atomic E-state index is -0.0366. The number of carbonyl (C=O) groups is 2. The van der Waals surface area contributed by atoms with E-state index in [1.165, 1.54) is 4.88 Å². The van der Waals surface area contributed by atoms with Gasteiger partial charge in [0.25, 0.3) is 0 Å². The number of carbonyl (C=O) groups excluding carboxylic acids is 2. The van der Waals surface area contributed by atoms with E-state index in [2.05, 4.69) is 10.2 Å². The molecule has 0 saturated carbocycles. The zero-order chi connectivity index (χ0) is 20.4. The van der Waals surface area contributed by atoms with Gasteiger partial charge in [0.05, 0.1) is 5.69 Å². The number of hydrogen-bond acceptors (Lipinski definition) is 5. The highest BCUT2D eigenvalue weighted by Gasteiger charge is 2.29. The summed E-state index contributed by atoms with van der Waals surface area (Å²) in [7, 11) is 0. The van der Waals surface area contributed by atoms with E-state index >= 15 is 0 Å². The smallest absolute Gasteiger partial charge is 0.227 e. The number of anilines is 2. The van der Waals surface area contributed by atoms with Crippen molar-refractivity contribution in [3.63, 3.8) is 0 Å². The van der Waals surface area contributed by atoms with Crippen LogP contribution in [0.4, 0.5) is 10.8 Å². The Hall–Kier alpha value is -2.12. The number of nitrogens with one attached hydrogen (secondary N) is 1. The standard InChI is InChI=1S/C21H25ClN4O2S/c1-2-19(27)25-9-11-26(12-10-25)21-24-17-8-3-14(13-18(17)29-21)20(28)23-16-6-4-15(22)5-7-16/h4-7,14H,2-3,8-13H2,1H3,(H,23,28). The van der Waals surface area contributed by atoms with Crippen molar-refractivity contribution in [1.29, 1.82) is 0 Å². The number of piperazine rings is 1. The molecule has 1 aromatic heterocycles. The molecular weight excluding hydrogens is 408 g/mol. The van der Waals surface area contributed by atoms with Crippen LogP contribution >= 0.6 is 22.9 Å². The molecule has 29 heavy (non-hydrogen) atoms. The zero-order valence-corrected chi connectivity index (χ0v) is 18.1. The van der Waals surface area contributed by atoms with Crippen LogP contribution in [0.3, 0.4) is 0 Å². The summed E-state index contributed by atoms with van der Waals surface area (Å²) >= 11 is 7.61. The molecule has 2 heterocycles. The maximum atomic E-state index is 12.7. The van der Waals surface area contributed by atoms with Gasteiger partial charge >= 0.3 is 0 Å². The van der Waals surface area contributed by atoms with E-state index in [1.54, 1.807) is 23.5 Å². The van der Waals surface area contributed by atoms with Crippen molar-refractivity contribution in [2.24, 2.45) is 5.92 Å². The molecule has 8 heteroatoms. The van der Waals surface area contributed by atoms with E-state index in [-0.39, 0.29) is 17.7 Å². The lowest BCUT2D eigenvalue weighted by Crippen LogP contribution is -2.48. The van der Waals surface area contributed by atoms with Crippen LogP contribution in [0.1, 0.15) is 30.3 Å². The molecular formula is C21H25ClN4O2S. The molecule has 0 spiro atoms. The lowest BCUT2D eigenvalue weighted by atomic mass is 9.90. The van der Waals surface area contributed by atoms with E-state index in [4.69, 9.17) is 16.6 Å². The fraction of sp³-hybridized carbons (Fsp3) is 0.476. The Morgan fingerprint density at radius 1 is 1.21 bits per heavy atom. The van der Waals surface area contributed by atoms with Gasteiger partial charge in [-0.3, -0.25) is 9.59 Å². The van der Waals surface area contributed by atoms with Crippen LogP contribution in [0, 0.1) is 5.92 Å². The lowest BCUT2D eigenvalue weighted by Gasteiger charge is -2.34. The highest BCUT2D eigenvalue weighted by molar-refractivity contribution is 7.15. The van der Waals surface area contributed by atoms with Crippen molar-refractivity contribution in [1.82, 2.24) is 9.88 Å². The Kier molecular flexibility index (Phi) is 6.06. The van der Waals surface area contributed by atoms with Crippen LogP contribution in [0.25, 0.3) is 0 Å². The number of halogens is 1. The van der Waals surface area contributed by atoms with Gasteiger partial charge in [-0.05, 0) is 43.5 Å². The molecule has 1 N–H and O–H groups in total. The molecule has 0 radical (unpaired) electrons. The lowest BCUT2D eigenvalue weighted by molar-refractivity contribution is -0.131. The molecule has 4 rings (SSSR count). The maximum absolute atomic E-state index is 12.7. The number of nitrogens with zero attached hydrogens (tertiary/aromatic N) is 3. The first-order valence-electron chi connectivity index (χ1n) is 10.1. The molecule has 1 fully saturated rings. The van der Waals surface area contributed by atoms with Crippen molar-refractivity contribution < 1.29 is 9.59 Å². The quantitative estimate of drug-likeness (QED) is 0.801. The molecule has 1 saturated heterocycles. The summed E-state index contributed by atoms with van der Waals surface area (Å²) in [6.07, 6.45) is 2.94. The number of amides is 2. The summed E-state index contributed by atoms with van der Waals surface area (Å²) in [6.45, 7) is 5.05. The fourth-order valence-electron chi connectivity index (χ4n) is 3.87. The molecule has 154 valence electrons. The molecule has 2 aromatic rings. The molecule has 1 aromatic carbocycles. The van der Waals surface area contributed by atoms with Crippen LogP contribution in [-0.2, 0) is 22.4 Å². The minimum Gasteiger partial charge on any atom is -0.345 e. The first-order valence-corrected chi connectivity index (χ1v) is 11.3. The third-order valence-electron chi connectivity index (χ3n) is 5.62. The first kappa shape index (κ1) is 20.2. The first-order chi connectivity index (χ1) is 14.0. The SMILES string of the molecule is CCC(=O)N1CCN(c2nc3c(s2)CC(C(=O)Nc2ccc(Cl)cc2)CC3)CC1. The number of aromatic nitrogens is 1. The molecule has 6 nitrogen and oxygen atoms in total. The molecule has 2 amide bonds. The van der Waals surface area contributed by atoms with E-state index in [0.717, 1.165) is 62.0 Å². The van der Waals surface area contributed by atoms with Crippen LogP contribution in [0.5, 0.6) is 0 Å². The van der Waals surface area contributed by atoms with Gasteiger partial charge in [0.1, 0.15) is 0 Å². The number of benzene rings is 1. The van der Waals surface area contributed by atoms with Crippen LogP contribution in [0.15, 0.2) is 24.3 Å². The summed E-state index contributed by atoms with van der Waals surface area (Å²) in [6, 6.07) is 7.20. The molecule has 1 aliphatic heterocycles. The van der Waals surface area contributed by atoms with Gasteiger partial charge in [0.15, 0.2) is 5.13 Å². The predicted molar refractivity (Wildman–Crippen MR) is 117 cm³/mol. The topological polar surface area (TPSA) is 65.5 Å². The average molecular weight is 433 g/mol. The summed E-state index contributed by atoms with van der Waals surface area (Å²) < 4.78 is 0. The predicted octanol–water partition coefficient (Wildman–Crippen LogP) is 3.60. The van der Waals surface area contributed by atoms with E-state index in [9.17, 15) is 9.59 Å². The molecule has 1 atom stereocenters. The number of rotatable bonds is 4. The molecule has 2 aliphatic rings. The maximum Gasteiger partial charge on any atom is 0.227 e. The number of aryl methyl sites for hydroxylation is 1. The second kappa shape index (κ2) is 8.71. The van der Waals surface area contributed by atoms with Crippen molar-refractivity contribution in [2.45, 2.75) is 32.6 Å². The number of hydrogen-bond donors (Lipinski definition) is 1. The van der Waals surface area contributed by atoms with Crippen LogP contribution < -0.4 is 10.2 Å². The van der Waals surface area contributed by atoms with Crippen molar-refractivity contribution in [3.8, 4) is 0 Å². The summed E-state index contributed by atoms with van der Waals surface area (Å²) in [5, 5.41) is 4.68. The molecule has 0 bridgehead atoms. The largest absolute Gasteiger partial charge is 0.345 e. The Balaban J connectivity index is 1.37. The third kappa shape index (κ3) is 4.56. The van der Waals surface area contributed by atoms with Gasteiger partial charge in [-0.2, -0.15) is 0 Å². The second-order valence-electron chi connectivity index (χ2n) is 7.52. The van der Waals surface area contributed by atoms with E-state index in [1.807, 2.05) is 24.0 Å². The molecule has 1 aliphatic carbocycles. The van der Waals surface area contributed by atoms with Gasteiger partial charge in [-0.15, -0.1) is 11.3 Å². The van der Waals surface area contributed by atoms with Crippen LogP contribution in [0.2, 0.25) is 5.02 Å². The Morgan fingerprint density at radius 2 is 1.93 bits per heavy atom. The van der Waals surface area contributed by atoms with Crippen LogP contribution in [-0.4, -0.2) is 47.9 Å². The molecule has 1 unspecified atom stereocenters. The fourth-order valence-corrected chi connectivity index (χ4v) is 5.23. The van der Waals surface area contributed by atoms with Gasteiger partial charge in [-0.25, -0.2) is 4.98 Å². The monoisotopic (exact) mass is 432 g/mol. The van der Waals surface area contributed by atoms with Crippen molar-refractivity contribution in [2.75, 3.05) is 36.4 Å².